The second kappa shape index (κ2) is 4.98. The number of carbonyl (C=O) groups is 1. The van der Waals surface area contributed by atoms with Crippen LogP contribution in [0, 0.1) is 0 Å². The van der Waals surface area contributed by atoms with Crippen LogP contribution in [-0.2, 0) is 9.53 Å². The molecule has 2 aliphatic rings. The van der Waals surface area contributed by atoms with Crippen LogP contribution in [0.4, 0.5) is 11.4 Å². The van der Waals surface area contributed by atoms with Gasteiger partial charge in [0.25, 0.3) is 0 Å². The van der Waals surface area contributed by atoms with Gasteiger partial charge in [-0.3, -0.25) is 4.79 Å². The normalized spacial score (nSPS) is 31.9. The van der Waals surface area contributed by atoms with E-state index in [9.17, 15) is 4.79 Å². The summed E-state index contributed by atoms with van der Waals surface area (Å²) in [5.41, 5.74) is 1.75. The molecule has 0 spiro atoms. The van der Waals surface area contributed by atoms with Crippen LogP contribution in [0.15, 0.2) is 24.3 Å². The van der Waals surface area contributed by atoms with Crippen molar-refractivity contribution in [2.24, 2.45) is 0 Å². The Hall–Kier alpha value is -1.75. The van der Waals surface area contributed by atoms with E-state index in [2.05, 4.69) is 16.0 Å². The first-order valence-electron chi connectivity index (χ1n) is 7.11. The van der Waals surface area contributed by atoms with Gasteiger partial charge in [0.15, 0.2) is 0 Å². The molecule has 5 nitrogen and oxygen atoms in total. The zero-order valence-corrected chi connectivity index (χ0v) is 11.9. The van der Waals surface area contributed by atoms with Crippen molar-refractivity contribution in [2.45, 2.75) is 38.0 Å². The second-order valence-electron chi connectivity index (χ2n) is 5.79. The quantitative estimate of drug-likeness (QED) is 0.767. The zero-order chi connectivity index (χ0) is 14.2. The molecule has 0 aromatic heterocycles. The van der Waals surface area contributed by atoms with Crippen LogP contribution in [0.5, 0.6) is 0 Å². The highest BCUT2D eigenvalue weighted by Gasteiger charge is 2.39. The number of ether oxygens (including phenoxy) is 1. The summed E-state index contributed by atoms with van der Waals surface area (Å²) in [6, 6.07) is 7.67. The summed E-state index contributed by atoms with van der Waals surface area (Å²) >= 11 is 0. The molecule has 1 fully saturated rings. The van der Waals surface area contributed by atoms with Crippen molar-refractivity contribution in [2.75, 3.05) is 23.8 Å². The Morgan fingerprint density at radius 3 is 2.85 bits per heavy atom. The lowest BCUT2D eigenvalue weighted by Gasteiger charge is -2.33. The minimum Gasteiger partial charge on any atom is -0.381 e. The van der Waals surface area contributed by atoms with Crippen LogP contribution in [0.2, 0.25) is 0 Å². The zero-order valence-electron chi connectivity index (χ0n) is 11.9. The van der Waals surface area contributed by atoms with Gasteiger partial charge in [-0.25, -0.2) is 0 Å². The SMILES string of the molecule is CC1OCCC1(C)NC(=O)C1CNc2ccccc2N1. The van der Waals surface area contributed by atoms with E-state index in [1.807, 2.05) is 38.1 Å². The van der Waals surface area contributed by atoms with Crippen LogP contribution in [0.1, 0.15) is 20.3 Å². The maximum Gasteiger partial charge on any atom is 0.244 e. The fourth-order valence-corrected chi connectivity index (χ4v) is 2.74. The van der Waals surface area contributed by atoms with Crippen LogP contribution in [0.3, 0.4) is 0 Å². The minimum absolute atomic E-state index is 0.0202. The first-order valence-corrected chi connectivity index (χ1v) is 7.11. The number of benzene rings is 1. The van der Waals surface area contributed by atoms with Crippen molar-refractivity contribution in [3.8, 4) is 0 Å². The minimum atomic E-state index is -0.268. The van der Waals surface area contributed by atoms with Crippen LogP contribution < -0.4 is 16.0 Å². The lowest BCUT2D eigenvalue weighted by atomic mass is 9.94. The van der Waals surface area contributed by atoms with Crippen molar-refractivity contribution in [3.05, 3.63) is 24.3 Å². The van der Waals surface area contributed by atoms with Crippen LogP contribution in [-0.4, -0.2) is 36.7 Å². The molecule has 5 heteroatoms. The predicted octanol–water partition coefficient (Wildman–Crippen LogP) is 1.58. The molecule has 2 aliphatic heterocycles. The largest absolute Gasteiger partial charge is 0.381 e. The Labute approximate surface area is 119 Å². The van der Waals surface area contributed by atoms with Gasteiger partial charge in [-0.15, -0.1) is 0 Å². The van der Waals surface area contributed by atoms with Crippen molar-refractivity contribution < 1.29 is 9.53 Å². The van der Waals surface area contributed by atoms with E-state index in [0.29, 0.717) is 13.2 Å². The van der Waals surface area contributed by atoms with E-state index in [1.54, 1.807) is 0 Å². The third kappa shape index (κ3) is 2.33. The number of nitrogens with one attached hydrogen (secondary N) is 3. The van der Waals surface area contributed by atoms with Crippen molar-refractivity contribution in [3.63, 3.8) is 0 Å². The molecule has 1 amide bonds. The Bertz CT molecular complexity index is 520. The summed E-state index contributed by atoms with van der Waals surface area (Å²) in [4.78, 5) is 12.4. The number of para-hydroxylation sites is 2. The highest BCUT2D eigenvalue weighted by atomic mass is 16.5. The molecule has 3 unspecified atom stereocenters. The molecule has 1 aromatic carbocycles. The van der Waals surface area contributed by atoms with Crippen LogP contribution in [0.25, 0.3) is 0 Å². The maximum atomic E-state index is 12.4. The Kier molecular flexibility index (Phi) is 3.30. The molecule has 1 aromatic rings. The van der Waals surface area contributed by atoms with Gasteiger partial charge < -0.3 is 20.7 Å². The summed E-state index contributed by atoms with van der Waals surface area (Å²) < 4.78 is 5.56. The molecule has 3 N–H and O–H groups in total. The van der Waals surface area contributed by atoms with Gasteiger partial charge in [-0.05, 0) is 32.4 Å². The molecule has 0 saturated carbocycles. The van der Waals surface area contributed by atoms with E-state index >= 15 is 0 Å². The van der Waals surface area contributed by atoms with Crippen molar-refractivity contribution in [1.82, 2.24) is 5.32 Å². The second-order valence-corrected chi connectivity index (χ2v) is 5.79. The fourth-order valence-electron chi connectivity index (χ4n) is 2.74. The van der Waals surface area contributed by atoms with E-state index < -0.39 is 0 Å². The Balaban J connectivity index is 1.67. The number of amides is 1. The number of hydrogen-bond acceptors (Lipinski definition) is 4. The summed E-state index contributed by atoms with van der Waals surface area (Å²) in [6.07, 6.45) is 0.909. The van der Waals surface area contributed by atoms with Gasteiger partial charge in [-0.2, -0.15) is 0 Å². The molecule has 1 saturated heterocycles. The lowest BCUT2D eigenvalue weighted by molar-refractivity contribution is -0.124. The van der Waals surface area contributed by atoms with Gasteiger partial charge in [0.2, 0.25) is 5.91 Å². The average molecular weight is 275 g/mol. The molecular formula is C15H21N3O2. The summed E-state index contributed by atoms with van der Waals surface area (Å²) in [7, 11) is 0. The third-order valence-electron chi connectivity index (χ3n) is 4.37. The molecular weight excluding hydrogens is 254 g/mol. The summed E-state index contributed by atoms with van der Waals surface area (Å²) in [5.74, 6) is 0.0202. The van der Waals surface area contributed by atoms with Gasteiger partial charge in [0.1, 0.15) is 6.04 Å². The number of fused-ring (bicyclic) bond motifs is 1. The highest BCUT2D eigenvalue weighted by molar-refractivity contribution is 5.89. The lowest BCUT2D eigenvalue weighted by Crippen LogP contribution is -2.56. The average Bonchev–Trinajstić information content (AvgIpc) is 2.77. The van der Waals surface area contributed by atoms with E-state index in [0.717, 1.165) is 17.8 Å². The van der Waals surface area contributed by atoms with Gasteiger partial charge in [0.05, 0.1) is 23.0 Å². The highest BCUT2D eigenvalue weighted by Crippen LogP contribution is 2.27. The molecule has 20 heavy (non-hydrogen) atoms. The Morgan fingerprint density at radius 1 is 1.40 bits per heavy atom. The Morgan fingerprint density at radius 2 is 2.15 bits per heavy atom. The predicted molar refractivity (Wildman–Crippen MR) is 78.9 cm³/mol. The molecule has 2 heterocycles. The maximum absolute atomic E-state index is 12.4. The van der Waals surface area contributed by atoms with E-state index in [4.69, 9.17) is 4.74 Å². The van der Waals surface area contributed by atoms with Crippen LogP contribution >= 0.6 is 0 Å². The standard InChI is InChI=1S/C15H21N3O2/c1-10-15(2,7-8-20-10)18-14(19)13-9-16-11-5-3-4-6-12(11)17-13/h3-6,10,13,16-17H,7-9H2,1-2H3,(H,18,19). The van der Waals surface area contributed by atoms with E-state index in [1.165, 1.54) is 0 Å². The molecule has 3 atom stereocenters. The molecule has 108 valence electrons. The van der Waals surface area contributed by atoms with Gasteiger partial charge in [-0.1, -0.05) is 12.1 Å². The summed E-state index contributed by atoms with van der Waals surface area (Å²) in [6.45, 7) is 5.35. The topological polar surface area (TPSA) is 62.4 Å². The number of carbonyl (C=O) groups excluding carboxylic acids is 1. The number of anilines is 2. The smallest absolute Gasteiger partial charge is 0.244 e. The molecule has 0 bridgehead atoms. The molecule has 3 rings (SSSR count). The number of hydrogen-bond donors (Lipinski definition) is 3. The monoisotopic (exact) mass is 275 g/mol. The molecule has 0 radical (unpaired) electrons. The van der Waals surface area contributed by atoms with Crippen molar-refractivity contribution in [1.29, 1.82) is 0 Å². The number of rotatable bonds is 2. The fraction of sp³-hybridized carbons (Fsp3) is 0.533. The summed E-state index contributed by atoms with van der Waals surface area (Å²) in [5, 5.41) is 9.71. The van der Waals surface area contributed by atoms with Gasteiger partial charge >= 0.3 is 0 Å². The molecule has 0 aliphatic carbocycles. The van der Waals surface area contributed by atoms with E-state index in [-0.39, 0.29) is 23.6 Å². The first-order chi connectivity index (χ1) is 9.58. The van der Waals surface area contributed by atoms with Crippen molar-refractivity contribution >= 4 is 17.3 Å². The third-order valence-corrected chi connectivity index (χ3v) is 4.37. The van der Waals surface area contributed by atoms with Gasteiger partial charge in [0, 0.05) is 13.2 Å². The first kappa shape index (κ1) is 13.2.